The summed E-state index contributed by atoms with van der Waals surface area (Å²) in [5.41, 5.74) is 3.45. The molecule has 1 fully saturated rings. The Morgan fingerprint density at radius 2 is 1.90 bits per heavy atom. The molecule has 162 valence electrons. The quantitative estimate of drug-likeness (QED) is 0.672. The molecule has 9 heteroatoms. The number of hydrogen-bond acceptors (Lipinski definition) is 4. The fourth-order valence-electron chi connectivity index (χ4n) is 4.05. The standard InChI is InChI=1S/C22H25FN6O2/c1-13-20(14(2)28(3)27-13)22(31)29-10-8-15(9-11-29)18-12-19(26-25-18)21(30)24-17-7-5-4-6-16(17)23/h4-7,12,15H,8-11H2,1-3H3,(H,24,30)(H,25,26). The molecular weight excluding hydrogens is 399 g/mol. The highest BCUT2D eigenvalue weighted by atomic mass is 19.1. The summed E-state index contributed by atoms with van der Waals surface area (Å²) in [6.45, 7) is 4.99. The summed E-state index contributed by atoms with van der Waals surface area (Å²) in [4.78, 5) is 27.2. The van der Waals surface area contributed by atoms with Crippen LogP contribution in [0.25, 0.3) is 0 Å². The number of aryl methyl sites for hydroxylation is 2. The number of piperidine rings is 1. The van der Waals surface area contributed by atoms with Crippen molar-refractivity contribution in [3.05, 3.63) is 64.5 Å². The van der Waals surface area contributed by atoms with Crippen molar-refractivity contribution in [3.8, 4) is 0 Å². The molecule has 2 N–H and O–H groups in total. The monoisotopic (exact) mass is 424 g/mol. The van der Waals surface area contributed by atoms with Gasteiger partial charge in [0, 0.05) is 37.4 Å². The van der Waals surface area contributed by atoms with Gasteiger partial charge in [-0.3, -0.25) is 19.4 Å². The first-order chi connectivity index (χ1) is 14.8. The van der Waals surface area contributed by atoms with Gasteiger partial charge in [-0.2, -0.15) is 10.2 Å². The van der Waals surface area contributed by atoms with Gasteiger partial charge in [-0.25, -0.2) is 4.39 Å². The number of nitrogens with zero attached hydrogens (tertiary/aromatic N) is 4. The lowest BCUT2D eigenvalue weighted by Crippen LogP contribution is -2.38. The summed E-state index contributed by atoms with van der Waals surface area (Å²) < 4.78 is 15.5. The van der Waals surface area contributed by atoms with Crippen LogP contribution in [0.3, 0.4) is 0 Å². The van der Waals surface area contributed by atoms with Crippen LogP contribution in [0.2, 0.25) is 0 Å². The molecule has 0 radical (unpaired) electrons. The fourth-order valence-corrected chi connectivity index (χ4v) is 4.05. The number of anilines is 1. The average Bonchev–Trinajstić information content (AvgIpc) is 3.34. The maximum Gasteiger partial charge on any atom is 0.276 e. The molecule has 8 nitrogen and oxygen atoms in total. The fraction of sp³-hybridized carbons (Fsp3) is 0.364. The first-order valence-electron chi connectivity index (χ1n) is 10.3. The van der Waals surface area contributed by atoms with E-state index in [1.54, 1.807) is 22.9 Å². The van der Waals surface area contributed by atoms with E-state index in [1.807, 2.05) is 25.8 Å². The second-order valence-corrected chi connectivity index (χ2v) is 7.88. The minimum absolute atomic E-state index is 0.0103. The molecule has 31 heavy (non-hydrogen) atoms. The number of carbonyl (C=O) groups excluding carboxylic acids is 2. The number of aromatic nitrogens is 4. The minimum Gasteiger partial charge on any atom is -0.338 e. The molecule has 3 aromatic rings. The lowest BCUT2D eigenvalue weighted by Gasteiger charge is -2.31. The minimum atomic E-state index is -0.497. The summed E-state index contributed by atoms with van der Waals surface area (Å²) in [5.74, 6) is -0.788. The number of hydrogen-bond donors (Lipinski definition) is 2. The first-order valence-corrected chi connectivity index (χ1v) is 10.3. The molecule has 0 saturated carbocycles. The van der Waals surface area contributed by atoms with Crippen LogP contribution in [-0.4, -0.2) is 49.8 Å². The van der Waals surface area contributed by atoms with Crippen molar-refractivity contribution >= 4 is 17.5 Å². The Balaban J connectivity index is 1.38. The van der Waals surface area contributed by atoms with Gasteiger partial charge in [0.05, 0.1) is 16.9 Å². The van der Waals surface area contributed by atoms with E-state index in [-0.39, 0.29) is 23.2 Å². The van der Waals surface area contributed by atoms with Crippen molar-refractivity contribution in [1.29, 1.82) is 0 Å². The number of amides is 2. The highest BCUT2D eigenvalue weighted by molar-refractivity contribution is 6.03. The molecule has 4 rings (SSSR count). The Kier molecular flexibility index (Phi) is 5.58. The zero-order chi connectivity index (χ0) is 22.1. The molecule has 3 heterocycles. The molecule has 0 atom stereocenters. The Hall–Kier alpha value is -3.49. The van der Waals surface area contributed by atoms with Gasteiger partial charge in [0.1, 0.15) is 5.82 Å². The number of rotatable bonds is 4. The van der Waals surface area contributed by atoms with Crippen molar-refractivity contribution in [3.63, 3.8) is 0 Å². The maximum absolute atomic E-state index is 13.8. The number of nitrogens with one attached hydrogen (secondary N) is 2. The van der Waals surface area contributed by atoms with E-state index in [4.69, 9.17) is 0 Å². The Bertz CT molecular complexity index is 1130. The van der Waals surface area contributed by atoms with Crippen molar-refractivity contribution in [2.45, 2.75) is 32.6 Å². The number of carbonyl (C=O) groups is 2. The summed E-state index contributed by atoms with van der Waals surface area (Å²) in [6.07, 6.45) is 1.53. The SMILES string of the molecule is Cc1nn(C)c(C)c1C(=O)N1CCC(c2cc(C(=O)Nc3ccccc3F)n[nH]2)CC1. The van der Waals surface area contributed by atoms with Crippen molar-refractivity contribution in [2.75, 3.05) is 18.4 Å². The van der Waals surface area contributed by atoms with E-state index in [9.17, 15) is 14.0 Å². The van der Waals surface area contributed by atoms with Crippen molar-refractivity contribution in [2.24, 2.45) is 7.05 Å². The molecule has 1 aliphatic heterocycles. The van der Waals surface area contributed by atoms with Gasteiger partial charge in [0.25, 0.3) is 11.8 Å². The van der Waals surface area contributed by atoms with Crippen LogP contribution in [-0.2, 0) is 7.05 Å². The lowest BCUT2D eigenvalue weighted by molar-refractivity contribution is 0.0710. The van der Waals surface area contributed by atoms with Gasteiger partial charge in [-0.1, -0.05) is 12.1 Å². The van der Waals surface area contributed by atoms with Crippen molar-refractivity contribution in [1.82, 2.24) is 24.9 Å². The van der Waals surface area contributed by atoms with E-state index in [1.165, 1.54) is 12.1 Å². The predicted molar refractivity (Wildman–Crippen MR) is 114 cm³/mol. The van der Waals surface area contributed by atoms with E-state index in [2.05, 4.69) is 20.6 Å². The number of para-hydroxylation sites is 1. The normalized spacial score (nSPS) is 14.6. The van der Waals surface area contributed by atoms with E-state index < -0.39 is 11.7 Å². The third-order valence-corrected chi connectivity index (χ3v) is 5.90. The first kappa shape index (κ1) is 20.8. The lowest BCUT2D eigenvalue weighted by atomic mass is 9.93. The van der Waals surface area contributed by atoms with Crippen LogP contribution < -0.4 is 5.32 Å². The molecule has 2 amide bonds. The van der Waals surface area contributed by atoms with Crippen LogP contribution >= 0.6 is 0 Å². The topological polar surface area (TPSA) is 95.9 Å². The zero-order valence-corrected chi connectivity index (χ0v) is 17.8. The molecule has 1 saturated heterocycles. The van der Waals surface area contributed by atoms with Crippen LogP contribution in [0.1, 0.15) is 56.7 Å². The average molecular weight is 424 g/mol. The van der Waals surface area contributed by atoms with Gasteiger partial charge < -0.3 is 10.2 Å². The summed E-state index contributed by atoms with van der Waals surface area (Å²) >= 11 is 0. The Morgan fingerprint density at radius 1 is 1.19 bits per heavy atom. The second-order valence-electron chi connectivity index (χ2n) is 7.88. The van der Waals surface area contributed by atoms with Gasteiger partial charge >= 0.3 is 0 Å². The summed E-state index contributed by atoms with van der Waals surface area (Å²) in [6, 6.07) is 7.70. The number of benzene rings is 1. The second kappa shape index (κ2) is 8.33. The molecular formula is C22H25FN6O2. The maximum atomic E-state index is 13.8. The molecule has 1 aliphatic rings. The predicted octanol–water partition coefficient (Wildman–Crippen LogP) is 3.17. The molecule has 0 bridgehead atoms. The third kappa shape index (κ3) is 4.08. The van der Waals surface area contributed by atoms with Crippen LogP contribution in [0.5, 0.6) is 0 Å². The van der Waals surface area contributed by atoms with Crippen LogP contribution in [0, 0.1) is 19.7 Å². The van der Waals surface area contributed by atoms with Crippen LogP contribution in [0.4, 0.5) is 10.1 Å². The number of likely N-dealkylation sites (tertiary alicyclic amines) is 1. The van der Waals surface area contributed by atoms with Gasteiger partial charge in [-0.05, 0) is 44.9 Å². The highest BCUT2D eigenvalue weighted by Gasteiger charge is 2.29. The van der Waals surface area contributed by atoms with Gasteiger partial charge in [0.15, 0.2) is 5.69 Å². The largest absolute Gasteiger partial charge is 0.338 e. The van der Waals surface area contributed by atoms with E-state index in [0.29, 0.717) is 18.7 Å². The van der Waals surface area contributed by atoms with Crippen LogP contribution in [0.15, 0.2) is 30.3 Å². The van der Waals surface area contributed by atoms with Crippen molar-refractivity contribution < 1.29 is 14.0 Å². The molecule has 2 aromatic heterocycles. The molecule has 1 aromatic carbocycles. The Morgan fingerprint density at radius 3 is 2.55 bits per heavy atom. The summed E-state index contributed by atoms with van der Waals surface area (Å²) in [7, 11) is 1.84. The molecule has 0 spiro atoms. The summed E-state index contributed by atoms with van der Waals surface area (Å²) in [5, 5.41) is 13.9. The highest BCUT2D eigenvalue weighted by Crippen LogP contribution is 2.29. The van der Waals surface area contributed by atoms with Gasteiger partial charge in [-0.15, -0.1) is 0 Å². The smallest absolute Gasteiger partial charge is 0.276 e. The van der Waals surface area contributed by atoms with E-state index >= 15 is 0 Å². The van der Waals surface area contributed by atoms with Gasteiger partial charge in [0.2, 0.25) is 0 Å². The van der Waals surface area contributed by atoms with E-state index in [0.717, 1.165) is 29.9 Å². The third-order valence-electron chi connectivity index (χ3n) is 5.90. The molecule has 0 unspecified atom stereocenters. The number of aromatic amines is 1. The number of halogens is 1. The zero-order valence-electron chi connectivity index (χ0n) is 17.8. The Labute approximate surface area is 179 Å². The number of H-pyrrole nitrogens is 1. The molecule has 0 aliphatic carbocycles.